The fourth-order valence-electron chi connectivity index (χ4n) is 2.66. The van der Waals surface area contributed by atoms with E-state index in [1.54, 1.807) is 0 Å². The quantitative estimate of drug-likeness (QED) is 0.887. The Hall–Kier alpha value is -1.68. The Kier molecular flexibility index (Phi) is 3.60. The van der Waals surface area contributed by atoms with Crippen LogP contribution in [0.25, 0.3) is 11.3 Å². The van der Waals surface area contributed by atoms with Crippen LogP contribution < -0.4 is 5.32 Å². The summed E-state index contributed by atoms with van der Waals surface area (Å²) in [7, 11) is 0. The summed E-state index contributed by atoms with van der Waals surface area (Å²) in [5, 5.41) is 11.1. The Bertz CT molecular complexity index is 541. The number of aryl methyl sites for hydroxylation is 1. The lowest BCUT2D eigenvalue weighted by molar-refractivity contribution is 0.453. The fourth-order valence-corrected chi connectivity index (χ4v) is 2.66. The minimum absolute atomic E-state index is 0.620. The van der Waals surface area contributed by atoms with Crippen molar-refractivity contribution in [3.8, 4) is 11.3 Å². The van der Waals surface area contributed by atoms with Crippen molar-refractivity contribution in [2.75, 3.05) is 13.1 Å². The maximum absolute atomic E-state index is 4.46. The van der Waals surface area contributed by atoms with Crippen LogP contribution in [0, 0.1) is 0 Å². The van der Waals surface area contributed by atoms with E-state index < -0.39 is 0 Å². The molecule has 4 heteroatoms. The number of aromatic amines is 1. The Balaban J connectivity index is 1.83. The van der Waals surface area contributed by atoms with E-state index in [1.165, 1.54) is 18.5 Å². The Morgan fingerprint density at radius 2 is 2.11 bits per heavy atom. The van der Waals surface area contributed by atoms with Crippen molar-refractivity contribution in [1.82, 2.24) is 20.5 Å². The van der Waals surface area contributed by atoms with Gasteiger partial charge in [0, 0.05) is 29.1 Å². The van der Waals surface area contributed by atoms with Crippen LogP contribution in [0.5, 0.6) is 0 Å². The topological polar surface area (TPSA) is 53.6 Å². The first kappa shape index (κ1) is 12.4. The number of rotatable bonds is 3. The lowest BCUT2D eigenvalue weighted by Crippen LogP contribution is -2.26. The summed E-state index contributed by atoms with van der Waals surface area (Å²) < 4.78 is 0. The smallest absolute Gasteiger partial charge is 0.0924 e. The zero-order valence-electron chi connectivity index (χ0n) is 11.3. The number of hydrogen-bond donors (Lipinski definition) is 2. The first-order valence-electron chi connectivity index (χ1n) is 7.08. The van der Waals surface area contributed by atoms with Crippen molar-refractivity contribution in [3.63, 3.8) is 0 Å². The third-order valence-electron chi connectivity index (χ3n) is 3.85. The summed E-state index contributed by atoms with van der Waals surface area (Å²) in [6.45, 7) is 4.33. The molecular formula is C15H20N4. The number of H-pyrrole nitrogens is 1. The molecule has 3 heterocycles. The molecule has 0 spiro atoms. The fraction of sp³-hybridized carbons (Fsp3) is 0.467. The lowest BCUT2D eigenvalue weighted by Gasteiger charge is -2.20. The minimum Gasteiger partial charge on any atom is -0.317 e. The molecule has 1 fully saturated rings. The second-order valence-electron chi connectivity index (χ2n) is 5.12. The first-order chi connectivity index (χ1) is 9.36. The molecule has 0 atom stereocenters. The highest BCUT2D eigenvalue weighted by Crippen LogP contribution is 2.27. The second-order valence-corrected chi connectivity index (χ2v) is 5.12. The van der Waals surface area contributed by atoms with E-state index in [-0.39, 0.29) is 0 Å². The predicted molar refractivity (Wildman–Crippen MR) is 76.0 cm³/mol. The van der Waals surface area contributed by atoms with Gasteiger partial charge < -0.3 is 5.32 Å². The molecule has 1 saturated heterocycles. The van der Waals surface area contributed by atoms with E-state index in [9.17, 15) is 0 Å². The number of pyridine rings is 1. The molecular weight excluding hydrogens is 236 g/mol. The molecule has 0 saturated carbocycles. The highest BCUT2D eigenvalue weighted by atomic mass is 15.1. The highest BCUT2D eigenvalue weighted by Gasteiger charge is 2.17. The average Bonchev–Trinajstić information content (AvgIpc) is 2.98. The number of hydrogen-bond acceptors (Lipinski definition) is 3. The van der Waals surface area contributed by atoms with Gasteiger partial charge in [0.25, 0.3) is 0 Å². The van der Waals surface area contributed by atoms with Crippen LogP contribution in [0.3, 0.4) is 0 Å². The largest absolute Gasteiger partial charge is 0.317 e. The van der Waals surface area contributed by atoms with E-state index in [1.807, 2.05) is 12.3 Å². The molecule has 100 valence electrons. The van der Waals surface area contributed by atoms with Gasteiger partial charge in [0.1, 0.15) is 0 Å². The summed E-state index contributed by atoms with van der Waals surface area (Å²) in [6, 6.07) is 6.36. The molecule has 0 amide bonds. The zero-order valence-corrected chi connectivity index (χ0v) is 11.3. The van der Waals surface area contributed by atoms with Crippen molar-refractivity contribution < 1.29 is 0 Å². The third-order valence-corrected chi connectivity index (χ3v) is 3.85. The standard InChI is InChI=1S/C15H20N4/c1-2-13-9-12(5-8-17-13)15-10-14(18-19-15)11-3-6-16-7-4-11/h5,8-11,16H,2-4,6-7H2,1H3,(H,18,19). The number of nitrogens with zero attached hydrogens (tertiary/aromatic N) is 2. The van der Waals surface area contributed by atoms with Crippen molar-refractivity contribution in [3.05, 3.63) is 35.8 Å². The van der Waals surface area contributed by atoms with Gasteiger partial charge in [-0.05, 0) is 50.6 Å². The molecule has 3 rings (SSSR count). The van der Waals surface area contributed by atoms with Crippen molar-refractivity contribution in [2.24, 2.45) is 0 Å². The molecule has 0 radical (unpaired) electrons. The predicted octanol–water partition coefficient (Wildman–Crippen LogP) is 2.50. The van der Waals surface area contributed by atoms with Crippen LogP contribution in [0.4, 0.5) is 0 Å². The highest BCUT2D eigenvalue weighted by molar-refractivity contribution is 5.59. The van der Waals surface area contributed by atoms with Crippen LogP contribution in [-0.2, 0) is 6.42 Å². The maximum atomic E-state index is 4.46. The van der Waals surface area contributed by atoms with Gasteiger partial charge in [-0.3, -0.25) is 10.1 Å². The van der Waals surface area contributed by atoms with Crippen LogP contribution in [0.15, 0.2) is 24.4 Å². The molecule has 1 aliphatic heterocycles. The van der Waals surface area contributed by atoms with Crippen molar-refractivity contribution in [1.29, 1.82) is 0 Å². The first-order valence-corrected chi connectivity index (χ1v) is 7.08. The van der Waals surface area contributed by atoms with Gasteiger partial charge in [0.05, 0.1) is 5.69 Å². The molecule has 2 N–H and O–H groups in total. The normalized spacial score (nSPS) is 16.7. The summed E-state index contributed by atoms with van der Waals surface area (Å²) in [6.07, 6.45) is 5.21. The monoisotopic (exact) mass is 256 g/mol. The van der Waals surface area contributed by atoms with Gasteiger partial charge >= 0.3 is 0 Å². The molecule has 4 nitrogen and oxygen atoms in total. The van der Waals surface area contributed by atoms with Gasteiger partial charge in [-0.15, -0.1) is 0 Å². The zero-order chi connectivity index (χ0) is 13.1. The van der Waals surface area contributed by atoms with Crippen LogP contribution in [-0.4, -0.2) is 28.3 Å². The molecule has 2 aromatic rings. The summed E-state index contributed by atoms with van der Waals surface area (Å²) >= 11 is 0. The lowest BCUT2D eigenvalue weighted by atomic mass is 9.94. The SMILES string of the molecule is CCc1cc(-c2cc(C3CCNCC3)[nH]n2)ccn1. The molecule has 2 aromatic heterocycles. The summed E-state index contributed by atoms with van der Waals surface area (Å²) in [5.74, 6) is 0.620. The minimum atomic E-state index is 0.620. The van der Waals surface area contributed by atoms with E-state index in [4.69, 9.17) is 0 Å². The number of piperidine rings is 1. The number of nitrogens with one attached hydrogen (secondary N) is 2. The Morgan fingerprint density at radius 1 is 1.26 bits per heavy atom. The molecule has 1 aliphatic rings. The molecule has 0 aromatic carbocycles. The van der Waals surface area contributed by atoms with Crippen LogP contribution >= 0.6 is 0 Å². The van der Waals surface area contributed by atoms with E-state index in [0.29, 0.717) is 5.92 Å². The third kappa shape index (κ3) is 2.68. The van der Waals surface area contributed by atoms with Gasteiger partial charge in [0.15, 0.2) is 0 Å². The summed E-state index contributed by atoms with van der Waals surface area (Å²) in [4.78, 5) is 4.33. The van der Waals surface area contributed by atoms with E-state index >= 15 is 0 Å². The molecule has 0 unspecified atom stereocenters. The Morgan fingerprint density at radius 3 is 2.89 bits per heavy atom. The average molecular weight is 256 g/mol. The van der Waals surface area contributed by atoms with Gasteiger partial charge in [-0.1, -0.05) is 6.92 Å². The Labute approximate surface area is 113 Å². The van der Waals surface area contributed by atoms with Crippen LogP contribution in [0.2, 0.25) is 0 Å². The summed E-state index contributed by atoms with van der Waals surface area (Å²) in [5.41, 5.74) is 4.57. The second kappa shape index (κ2) is 5.53. The van der Waals surface area contributed by atoms with Crippen molar-refractivity contribution in [2.45, 2.75) is 32.1 Å². The number of aromatic nitrogens is 3. The van der Waals surface area contributed by atoms with Gasteiger partial charge in [0.2, 0.25) is 0 Å². The van der Waals surface area contributed by atoms with Gasteiger partial charge in [-0.25, -0.2) is 0 Å². The van der Waals surface area contributed by atoms with E-state index in [2.05, 4.69) is 39.6 Å². The molecule has 0 aliphatic carbocycles. The van der Waals surface area contributed by atoms with Gasteiger partial charge in [-0.2, -0.15) is 5.10 Å². The van der Waals surface area contributed by atoms with E-state index in [0.717, 1.165) is 36.5 Å². The molecule has 19 heavy (non-hydrogen) atoms. The maximum Gasteiger partial charge on any atom is 0.0924 e. The molecule has 0 bridgehead atoms. The van der Waals surface area contributed by atoms with Crippen molar-refractivity contribution >= 4 is 0 Å². The van der Waals surface area contributed by atoms with Crippen LogP contribution in [0.1, 0.15) is 37.1 Å².